The standard InChI is InChI=1S/C24H28ClN2O10P/c1-15(2)35-21(30)16(3)14-38(33,37-17-7-5-4-6-8-17)34-13-18-20(29)24(32,10-11-25)22(36-18)27-12-9-19(28)26-23(27)31/h4-9,12,15-16,18,20,22,29,32H,13-14H2,1-3H3,(H,26,28,31)/t16-,18-,20+,22-,24?,38+/m1/s1/i13D2. The molecule has 0 aliphatic carbocycles. The van der Waals surface area contributed by atoms with Crippen molar-refractivity contribution in [2.24, 2.45) is 5.92 Å². The van der Waals surface area contributed by atoms with Gasteiger partial charge in [-0.15, -0.1) is 0 Å². The van der Waals surface area contributed by atoms with Gasteiger partial charge in [0.2, 0.25) is 5.60 Å². The third-order valence-corrected chi connectivity index (χ3v) is 7.25. The summed E-state index contributed by atoms with van der Waals surface area (Å²) in [6.07, 6.45) is -6.44. The van der Waals surface area contributed by atoms with Crippen LogP contribution in [0.5, 0.6) is 5.75 Å². The highest BCUT2D eigenvalue weighted by Crippen LogP contribution is 2.51. The maximum atomic E-state index is 14.0. The summed E-state index contributed by atoms with van der Waals surface area (Å²) < 4.78 is 53.3. The molecule has 1 aliphatic rings. The van der Waals surface area contributed by atoms with E-state index >= 15 is 0 Å². The van der Waals surface area contributed by atoms with Crippen LogP contribution >= 0.6 is 19.2 Å². The van der Waals surface area contributed by atoms with Crippen LogP contribution in [0.4, 0.5) is 0 Å². The van der Waals surface area contributed by atoms with Crippen LogP contribution < -0.4 is 15.8 Å². The highest BCUT2D eigenvalue weighted by Gasteiger charge is 2.56. The quantitative estimate of drug-likeness (QED) is 0.216. The summed E-state index contributed by atoms with van der Waals surface area (Å²) in [4.78, 5) is 38.3. The number of carbonyl (C=O) groups is 1. The number of halogens is 1. The lowest BCUT2D eigenvalue weighted by Gasteiger charge is -2.26. The van der Waals surface area contributed by atoms with Gasteiger partial charge in [0.05, 0.1) is 27.5 Å². The molecule has 1 saturated heterocycles. The van der Waals surface area contributed by atoms with Gasteiger partial charge >= 0.3 is 19.3 Å². The van der Waals surface area contributed by atoms with Gasteiger partial charge in [-0.25, -0.2) is 9.36 Å². The van der Waals surface area contributed by atoms with Crippen molar-refractivity contribution in [1.82, 2.24) is 9.55 Å². The number of hydrogen-bond acceptors (Lipinski definition) is 10. The fourth-order valence-corrected chi connectivity index (χ4v) is 5.38. The van der Waals surface area contributed by atoms with Crippen molar-refractivity contribution in [3.8, 4) is 17.0 Å². The average Bonchev–Trinajstić information content (AvgIpc) is 3.10. The number of para-hydroxylation sites is 1. The second-order valence-corrected chi connectivity index (χ2v) is 10.9. The number of hydrogen-bond donors (Lipinski definition) is 3. The van der Waals surface area contributed by atoms with E-state index in [2.05, 4.69) is 5.92 Å². The minimum absolute atomic E-state index is 0.0288. The summed E-state index contributed by atoms with van der Waals surface area (Å²) in [5.74, 6) is 0.307. The molecule has 1 aliphatic heterocycles. The van der Waals surface area contributed by atoms with E-state index in [4.69, 9.17) is 32.9 Å². The molecular formula is C24H28ClN2O10P. The van der Waals surface area contributed by atoms with E-state index < -0.39 is 73.6 Å². The third kappa shape index (κ3) is 6.94. The summed E-state index contributed by atoms with van der Waals surface area (Å²) in [5.41, 5.74) is -4.53. The van der Waals surface area contributed by atoms with Crippen LogP contribution in [0, 0.1) is 17.2 Å². The number of ether oxygens (including phenoxy) is 2. The minimum Gasteiger partial charge on any atom is -0.463 e. The molecule has 0 spiro atoms. The Morgan fingerprint density at radius 3 is 2.61 bits per heavy atom. The molecule has 0 saturated carbocycles. The summed E-state index contributed by atoms with van der Waals surface area (Å²) >= 11 is 5.47. The Morgan fingerprint density at radius 2 is 2.00 bits per heavy atom. The Kier molecular flexibility index (Phi) is 8.64. The number of H-pyrrole nitrogens is 1. The van der Waals surface area contributed by atoms with Crippen molar-refractivity contribution >= 4 is 25.2 Å². The summed E-state index contributed by atoms with van der Waals surface area (Å²) in [7, 11) is -4.59. The second-order valence-electron chi connectivity index (χ2n) is 8.71. The van der Waals surface area contributed by atoms with Crippen LogP contribution in [-0.2, 0) is 23.4 Å². The second kappa shape index (κ2) is 12.3. The van der Waals surface area contributed by atoms with E-state index in [0.29, 0.717) is 4.57 Å². The first-order valence-corrected chi connectivity index (χ1v) is 13.5. The zero-order valence-corrected chi connectivity index (χ0v) is 22.2. The Morgan fingerprint density at radius 1 is 1.32 bits per heavy atom. The molecule has 38 heavy (non-hydrogen) atoms. The first kappa shape index (κ1) is 26.7. The van der Waals surface area contributed by atoms with Gasteiger partial charge in [0, 0.05) is 17.6 Å². The number of aliphatic hydroxyl groups excluding tert-OH is 1. The summed E-state index contributed by atoms with van der Waals surface area (Å²) in [6, 6.07) is 8.55. The van der Waals surface area contributed by atoms with E-state index in [0.717, 1.165) is 12.3 Å². The molecule has 0 bridgehead atoms. The molecule has 14 heteroatoms. The van der Waals surface area contributed by atoms with E-state index in [9.17, 15) is 29.2 Å². The molecule has 1 fully saturated rings. The van der Waals surface area contributed by atoms with E-state index in [1.165, 1.54) is 19.1 Å². The Bertz CT molecular complexity index is 1440. The molecule has 12 nitrogen and oxygen atoms in total. The topological polar surface area (TPSA) is 166 Å². The summed E-state index contributed by atoms with van der Waals surface area (Å²) in [6.45, 7) is 1.44. The van der Waals surface area contributed by atoms with Crippen LogP contribution in [0.3, 0.4) is 0 Å². The van der Waals surface area contributed by atoms with Gasteiger partial charge in [0.25, 0.3) is 5.56 Å². The lowest BCUT2D eigenvalue weighted by atomic mass is 9.95. The number of aromatic nitrogens is 2. The first-order chi connectivity index (χ1) is 18.6. The zero-order valence-electron chi connectivity index (χ0n) is 22.6. The molecular weight excluding hydrogens is 543 g/mol. The summed E-state index contributed by atoms with van der Waals surface area (Å²) in [5, 5.41) is 24.0. The Hall–Kier alpha value is -2.91. The number of nitrogens with zero attached hydrogens (tertiary/aromatic N) is 1. The number of esters is 1. The van der Waals surface area contributed by atoms with E-state index in [1.807, 2.05) is 10.4 Å². The molecule has 0 amide bonds. The molecule has 0 radical (unpaired) electrons. The maximum Gasteiger partial charge on any atom is 0.380 e. The smallest absolute Gasteiger partial charge is 0.380 e. The zero-order chi connectivity index (χ0) is 29.9. The molecule has 1 aromatic carbocycles. The molecule has 1 aromatic heterocycles. The van der Waals surface area contributed by atoms with Crippen molar-refractivity contribution in [2.45, 2.75) is 50.9 Å². The fraction of sp³-hybridized carbons (Fsp3) is 0.458. The van der Waals surface area contributed by atoms with Gasteiger partial charge in [-0.05, 0) is 43.5 Å². The molecule has 2 aromatic rings. The monoisotopic (exact) mass is 572 g/mol. The van der Waals surface area contributed by atoms with Crippen LogP contribution in [0.2, 0.25) is 0 Å². The third-order valence-electron chi connectivity index (χ3n) is 5.29. The number of aromatic amines is 1. The minimum atomic E-state index is -4.59. The predicted molar refractivity (Wildman–Crippen MR) is 136 cm³/mol. The van der Waals surface area contributed by atoms with Crippen LogP contribution in [0.25, 0.3) is 0 Å². The van der Waals surface area contributed by atoms with Gasteiger partial charge in [-0.1, -0.05) is 25.1 Å². The highest BCUT2D eigenvalue weighted by molar-refractivity contribution is 7.54. The largest absolute Gasteiger partial charge is 0.463 e. The van der Waals surface area contributed by atoms with Crippen LogP contribution in [0.15, 0.2) is 52.2 Å². The molecule has 1 unspecified atom stereocenters. The van der Waals surface area contributed by atoms with Crippen molar-refractivity contribution in [3.63, 3.8) is 0 Å². The van der Waals surface area contributed by atoms with Crippen molar-refractivity contribution in [2.75, 3.05) is 12.7 Å². The first-order valence-electron chi connectivity index (χ1n) is 12.4. The van der Waals surface area contributed by atoms with E-state index in [-0.39, 0.29) is 5.75 Å². The van der Waals surface area contributed by atoms with Crippen molar-refractivity contribution in [3.05, 3.63) is 63.4 Å². The number of rotatable bonds is 10. The lowest BCUT2D eigenvalue weighted by molar-refractivity contribution is -0.151. The molecule has 2 heterocycles. The van der Waals surface area contributed by atoms with Crippen LogP contribution in [-0.4, -0.2) is 62.4 Å². The fourth-order valence-electron chi connectivity index (χ4n) is 3.51. The number of benzene rings is 1. The molecule has 3 N–H and O–H groups in total. The number of aliphatic hydroxyl groups is 2. The lowest BCUT2D eigenvalue weighted by Crippen LogP contribution is -2.48. The predicted octanol–water partition coefficient (Wildman–Crippen LogP) is 1.60. The van der Waals surface area contributed by atoms with Gasteiger partial charge in [0.1, 0.15) is 18.0 Å². The van der Waals surface area contributed by atoms with Gasteiger partial charge in [0.15, 0.2) is 6.23 Å². The maximum absolute atomic E-state index is 14.0. The molecule has 6 atom stereocenters. The molecule has 3 rings (SSSR count). The van der Waals surface area contributed by atoms with Crippen molar-refractivity contribution in [1.29, 1.82) is 0 Å². The van der Waals surface area contributed by atoms with Crippen LogP contribution in [0.1, 0.15) is 29.7 Å². The highest BCUT2D eigenvalue weighted by atomic mass is 35.5. The normalized spacial score (nSPS) is 26.3. The van der Waals surface area contributed by atoms with Gasteiger partial charge < -0.3 is 24.2 Å². The number of nitrogens with one attached hydrogen (secondary N) is 1. The number of carbonyl (C=O) groups excluding carboxylic acids is 1. The Balaban J connectivity index is 1.99. The van der Waals surface area contributed by atoms with Crippen molar-refractivity contribution < 1.29 is 40.8 Å². The average molecular weight is 573 g/mol. The SMILES string of the molecule is [2H]C([2H])(O[P@@](=O)(C[C@@H](C)C(=O)OC(C)C)Oc1ccccc1)[C@H]1O[C@@H](n2ccc(=O)[nH]c2=O)C(O)(C#CCl)[C@H]1O. The van der Waals surface area contributed by atoms with Gasteiger partial charge in [-0.2, -0.15) is 0 Å². The van der Waals surface area contributed by atoms with E-state index in [1.54, 1.807) is 32.0 Å². The molecule has 206 valence electrons. The Labute approximate surface area is 225 Å². The van der Waals surface area contributed by atoms with Gasteiger partial charge in [-0.3, -0.25) is 23.7 Å².